The number of carbonyl (C=O) groups excluding carboxylic acids is 1. The zero-order valence-corrected chi connectivity index (χ0v) is 9.10. The van der Waals surface area contributed by atoms with Crippen molar-refractivity contribution < 1.29 is 4.79 Å². The topological polar surface area (TPSA) is 29.1 Å². The first kappa shape index (κ1) is 10.3. The summed E-state index contributed by atoms with van der Waals surface area (Å²) in [5, 5.41) is 3.61. The molecule has 0 aliphatic heterocycles. The van der Waals surface area contributed by atoms with E-state index in [0.717, 1.165) is 10.9 Å². The molecule has 13 heavy (non-hydrogen) atoms. The van der Waals surface area contributed by atoms with Crippen LogP contribution in [-0.2, 0) is 16.7 Å². The van der Waals surface area contributed by atoms with Gasteiger partial charge in [0.1, 0.15) is 0 Å². The molecule has 1 aromatic carbocycles. The summed E-state index contributed by atoms with van der Waals surface area (Å²) in [4.78, 5) is 10.7. The summed E-state index contributed by atoms with van der Waals surface area (Å²) in [5.74, 6) is 0.00393. The molecule has 1 N–H and O–H groups in total. The Labute approximate surface area is 86.5 Å². The Kier molecular flexibility index (Phi) is 3.96. The number of benzene rings is 1. The predicted molar refractivity (Wildman–Crippen MR) is 56.6 cm³/mol. The van der Waals surface area contributed by atoms with Gasteiger partial charge in [-0.1, -0.05) is 40.2 Å². The van der Waals surface area contributed by atoms with Crippen LogP contribution in [-0.4, -0.2) is 5.91 Å². The Bertz CT molecular complexity index is 299. The highest BCUT2D eigenvalue weighted by molar-refractivity contribution is 9.08. The van der Waals surface area contributed by atoms with Gasteiger partial charge in [0.25, 0.3) is 0 Å². The van der Waals surface area contributed by atoms with E-state index < -0.39 is 0 Å². The molecule has 0 fully saturated rings. The van der Waals surface area contributed by atoms with E-state index in [1.165, 1.54) is 12.5 Å². The van der Waals surface area contributed by atoms with Gasteiger partial charge in [0.2, 0.25) is 5.91 Å². The lowest BCUT2D eigenvalue weighted by Gasteiger charge is -2.03. The van der Waals surface area contributed by atoms with Gasteiger partial charge in [0, 0.05) is 18.8 Å². The summed E-state index contributed by atoms with van der Waals surface area (Å²) in [6.45, 7) is 2.13. The van der Waals surface area contributed by atoms with Crippen LogP contribution >= 0.6 is 15.9 Å². The van der Waals surface area contributed by atoms with Gasteiger partial charge in [-0.05, 0) is 11.1 Å². The summed E-state index contributed by atoms with van der Waals surface area (Å²) in [7, 11) is 0. The Morgan fingerprint density at radius 2 is 2.15 bits per heavy atom. The van der Waals surface area contributed by atoms with Crippen molar-refractivity contribution in [3.63, 3.8) is 0 Å². The molecule has 0 atom stereocenters. The van der Waals surface area contributed by atoms with Crippen LogP contribution in [0.5, 0.6) is 0 Å². The van der Waals surface area contributed by atoms with Crippen LogP contribution in [0.2, 0.25) is 0 Å². The van der Waals surface area contributed by atoms with Crippen molar-refractivity contribution in [1.82, 2.24) is 5.32 Å². The summed E-state index contributed by atoms with van der Waals surface area (Å²) in [6, 6.07) is 8.12. The second-order valence-corrected chi connectivity index (χ2v) is 3.42. The molecular formula is C10H12BrNO. The number of hydrogen-bond acceptors (Lipinski definition) is 1. The smallest absolute Gasteiger partial charge is 0.217 e. The standard InChI is InChI=1S/C10H12BrNO/c1-8(13)12-7-10-4-2-3-9(5-10)6-11/h2-5H,6-7H2,1H3,(H,12,13). The molecule has 0 saturated carbocycles. The van der Waals surface area contributed by atoms with E-state index in [1.54, 1.807) is 0 Å². The molecule has 0 bridgehead atoms. The van der Waals surface area contributed by atoms with Gasteiger partial charge in [-0.25, -0.2) is 0 Å². The van der Waals surface area contributed by atoms with Gasteiger partial charge in [0.15, 0.2) is 0 Å². The van der Waals surface area contributed by atoms with Gasteiger partial charge in [0.05, 0.1) is 0 Å². The highest BCUT2D eigenvalue weighted by Gasteiger charge is 1.95. The second-order valence-electron chi connectivity index (χ2n) is 2.86. The Balaban J connectivity index is 2.61. The zero-order valence-electron chi connectivity index (χ0n) is 7.51. The summed E-state index contributed by atoms with van der Waals surface area (Å²) in [5.41, 5.74) is 2.36. The molecule has 0 saturated heterocycles. The van der Waals surface area contributed by atoms with Crippen molar-refractivity contribution in [2.24, 2.45) is 0 Å². The molecule has 3 heteroatoms. The quantitative estimate of drug-likeness (QED) is 0.809. The van der Waals surface area contributed by atoms with Crippen LogP contribution in [0.15, 0.2) is 24.3 Å². The lowest BCUT2D eigenvalue weighted by atomic mass is 10.1. The van der Waals surface area contributed by atoms with Crippen LogP contribution in [0.25, 0.3) is 0 Å². The molecule has 1 amide bonds. The van der Waals surface area contributed by atoms with Crippen LogP contribution in [0.4, 0.5) is 0 Å². The first-order valence-corrected chi connectivity index (χ1v) is 5.22. The Morgan fingerprint density at radius 1 is 1.46 bits per heavy atom. The van der Waals surface area contributed by atoms with Crippen molar-refractivity contribution in [2.45, 2.75) is 18.8 Å². The van der Waals surface area contributed by atoms with Crippen molar-refractivity contribution in [3.8, 4) is 0 Å². The second kappa shape index (κ2) is 5.02. The van der Waals surface area contributed by atoms with E-state index in [0.29, 0.717) is 6.54 Å². The third-order valence-corrected chi connectivity index (χ3v) is 2.33. The Morgan fingerprint density at radius 3 is 2.77 bits per heavy atom. The van der Waals surface area contributed by atoms with E-state index in [4.69, 9.17) is 0 Å². The van der Waals surface area contributed by atoms with Crippen LogP contribution in [0, 0.1) is 0 Å². The fraction of sp³-hybridized carbons (Fsp3) is 0.300. The van der Waals surface area contributed by atoms with Crippen molar-refractivity contribution in [3.05, 3.63) is 35.4 Å². The zero-order chi connectivity index (χ0) is 9.68. The third kappa shape index (κ3) is 3.59. The minimum absolute atomic E-state index is 0.00393. The van der Waals surface area contributed by atoms with Gasteiger partial charge < -0.3 is 5.32 Å². The van der Waals surface area contributed by atoms with E-state index in [2.05, 4.69) is 27.3 Å². The van der Waals surface area contributed by atoms with E-state index in [1.807, 2.05) is 18.2 Å². The average Bonchev–Trinajstić information content (AvgIpc) is 2.15. The molecule has 0 unspecified atom stereocenters. The van der Waals surface area contributed by atoms with Crippen LogP contribution in [0.1, 0.15) is 18.1 Å². The monoisotopic (exact) mass is 241 g/mol. The number of nitrogens with one attached hydrogen (secondary N) is 1. The molecule has 0 aliphatic carbocycles. The molecular weight excluding hydrogens is 230 g/mol. The van der Waals surface area contributed by atoms with Gasteiger partial charge >= 0.3 is 0 Å². The first-order valence-electron chi connectivity index (χ1n) is 4.10. The maximum atomic E-state index is 10.7. The molecule has 0 aromatic heterocycles. The molecule has 0 spiro atoms. The van der Waals surface area contributed by atoms with Gasteiger partial charge in [-0.3, -0.25) is 4.79 Å². The number of carbonyl (C=O) groups is 1. The fourth-order valence-electron chi connectivity index (χ4n) is 1.05. The molecule has 70 valence electrons. The molecule has 0 radical (unpaired) electrons. The highest BCUT2D eigenvalue weighted by atomic mass is 79.9. The van der Waals surface area contributed by atoms with E-state index in [-0.39, 0.29) is 5.91 Å². The highest BCUT2D eigenvalue weighted by Crippen LogP contribution is 2.08. The molecule has 1 aromatic rings. The molecule has 2 nitrogen and oxygen atoms in total. The summed E-state index contributed by atoms with van der Waals surface area (Å²) < 4.78 is 0. The average molecular weight is 242 g/mol. The van der Waals surface area contributed by atoms with Crippen molar-refractivity contribution >= 4 is 21.8 Å². The number of rotatable bonds is 3. The van der Waals surface area contributed by atoms with Crippen molar-refractivity contribution in [2.75, 3.05) is 0 Å². The number of halogens is 1. The minimum Gasteiger partial charge on any atom is -0.352 e. The Hall–Kier alpha value is -0.830. The van der Waals surface area contributed by atoms with E-state index >= 15 is 0 Å². The number of hydrogen-bond donors (Lipinski definition) is 1. The van der Waals surface area contributed by atoms with Gasteiger partial charge in [-0.2, -0.15) is 0 Å². The number of alkyl halides is 1. The van der Waals surface area contributed by atoms with Crippen LogP contribution < -0.4 is 5.32 Å². The van der Waals surface area contributed by atoms with E-state index in [9.17, 15) is 4.79 Å². The molecule has 0 aliphatic rings. The summed E-state index contributed by atoms with van der Waals surface area (Å²) >= 11 is 3.38. The molecule has 1 rings (SSSR count). The third-order valence-electron chi connectivity index (χ3n) is 1.69. The maximum absolute atomic E-state index is 10.7. The lowest BCUT2D eigenvalue weighted by Crippen LogP contribution is -2.18. The lowest BCUT2D eigenvalue weighted by molar-refractivity contribution is -0.119. The van der Waals surface area contributed by atoms with Crippen LogP contribution in [0.3, 0.4) is 0 Å². The first-order chi connectivity index (χ1) is 6.22. The number of amides is 1. The fourth-order valence-corrected chi connectivity index (χ4v) is 1.40. The normalized spacial score (nSPS) is 9.69. The summed E-state index contributed by atoms with van der Waals surface area (Å²) in [6.07, 6.45) is 0. The minimum atomic E-state index is 0.00393. The largest absolute Gasteiger partial charge is 0.352 e. The SMILES string of the molecule is CC(=O)NCc1cccc(CBr)c1. The molecule has 0 heterocycles. The maximum Gasteiger partial charge on any atom is 0.217 e. The predicted octanol–water partition coefficient (Wildman–Crippen LogP) is 2.22. The van der Waals surface area contributed by atoms with Crippen molar-refractivity contribution in [1.29, 1.82) is 0 Å². The van der Waals surface area contributed by atoms with Gasteiger partial charge in [-0.15, -0.1) is 0 Å².